The maximum absolute atomic E-state index is 8.15. The molecular formula is C8H7N3. The summed E-state index contributed by atoms with van der Waals surface area (Å²) < 4.78 is 0. The zero-order chi connectivity index (χ0) is 7.94. The molecule has 0 bridgehead atoms. The van der Waals surface area contributed by atoms with Crippen LogP contribution < -0.4 is 5.32 Å². The van der Waals surface area contributed by atoms with Gasteiger partial charge in [-0.3, -0.25) is 4.98 Å². The van der Waals surface area contributed by atoms with Gasteiger partial charge in [-0.05, 0) is 12.1 Å². The van der Waals surface area contributed by atoms with Gasteiger partial charge in [-0.2, -0.15) is 5.26 Å². The highest BCUT2D eigenvalue weighted by atomic mass is 14.9. The Labute approximate surface area is 65.0 Å². The smallest absolute Gasteiger partial charge is 0.0927 e. The lowest BCUT2D eigenvalue weighted by atomic mass is 10.4. The van der Waals surface area contributed by atoms with Crippen LogP contribution in [-0.4, -0.2) is 4.98 Å². The van der Waals surface area contributed by atoms with Crippen LogP contribution in [0.3, 0.4) is 0 Å². The summed E-state index contributed by atoms with van der Waals surface area (Å²) in [7, 11) is 0. The molecule has 1 N–H and O–H groups in total. The van der Waals surface area contributed by atoms with Crippen molar-refractivity contribution >= 4 is 5.69 Å². The fourth-order valence-electron chi connectivity index (χ4n) is 0.623. The van der Waals surface area contributed by atoms with Gasteiger partial charge in [-0.25, -0.2) is 0 Å². The molecule has 0 amide bonds. The molecule has 1 heterocycles. The van der Waals surface area contributed by atoms with E-state index in [0.717, 1.165) is 5.69 Å². The minimum Gasteiger partial charge on any atom is -0.360 e. The molecule has 0 saturated heterocycles. The Bertz CT molecular complexity index is 271. The van der Waals surface area contributed by atoms with Gasteiger partial charge in [0.05, 0.1) is 18.0 Å². The number of rotatable bonds is 2. The van der Waals surface area contributed by atoms with E-state index in [4.69, 9.17) is 5.26 Å². The molecule has 0 fully saturated rings. The van der Waals surface area contributed by atoms with Crippen LogP contribution in [0.15, 0.2) is 36.8 Å². The summed E-state index contributed by atoms with van der Waals surface area (Å²) in [6.07, 6.45) is 6.31. The van der Waals surface area contributed by atoms with Crippen LogP contribution in [0.2, 0.25) is 0 Å². The molecule has 54 valence electrons. The number of nitrogens with zero attached hydrogens (tertiary/aromatic N) is 2. The lowest BCUT2D eigenvalue weighted by molar-refractivity contribution is 1.32. The second-order valence-corrected chi connectivity index (χ2v) is 1.85. The molecule has 1 aromatic rings. The first-order valence-electron chi connectivity index (χ1n) is 3.14. The Morgan fingerprint density at radius 1 is 1.64 bits per heavy atom. The van der Waals surface area contributed by atoms with Gasteiger partial charge < -0.3 is 5.32 Å². The quantitative estimate of drug-likeness (QED) is 0.642. The van der Waals surface area contributed by atoms with Crippen molar-refractivity contribution in [3.05, 3.63) is 36.8 Å². The van der Waals surface area contributed by atoms with E-state index in [1.165, 1.54) is 6.08 Å². The van der Waals surface area contributed by atoms with Gasteiger partial charge in [0.15, 0.2) is 0 Å². The molecule has 1 aromatic heterocycles. The number of hydrogen-bond donors (Lipinski definition) is 1. The van der Waals surface area contributed by atoms with Crippen LogP contribution >= 0.6 is 0 Å². The molecule has 11 heavy (non-hydrogen) atoms. The largest absolute Gasteiger partial charge is 0.360 e. The Morgan fingerprint density at radius 2 is 2.55 bits per heavy atom. The molecule has 3 heteroatoms. The van der Waals surface area contributed by atoms with Crippen LogP contribution in [0.5, 0.6) is 0 Å². The molecule has 0 saturated carbocycles. The lowest BCUT2D eigenvalue weighted by Gasteiger charge is -1.95. The standard InChI is InChI=1S/C8H7N3/c9-4-2-6-11-8-3-1-5-10-7-8/h1-3,5-7,11H/b6-2+. The third-order valence-corrected chi connectivity index (χ3v) is 1.07. The van der Waals surface area contributed by atoms with E-state index < -0.39 is 0 Å². The predicted octanol–water partition coefficient (Wildman–Crippen LogP) is 1.53. The Kier molecular flexibility index (Phi) is 2.70. The van der Waals surface area contributed by atoms with Gasteiger partial charge in [-0.15, -0.1) is 0 Å². The SMILES string of the molecule is N#C/C=C/Nc1cccnc1. The van der Waals surface area contributed by atoms with Crippen molar-refractivity contribution in [3.8, 4) is 6.07 Å². The van der Waals surface area contributed by atoms with Crippen LogP contribution in [-0.2, 0) is 0 Å². The molecular weight excluding hydrogens is 138 g/mol. The normalized spacial score (nSPS) is 9.36. The maximum atomic E-state index is 8.15. The van der Waals surface area contributed by atoms with Gasteiger partial charge in [0, 0.05) is 18.5 Å². The van der Waals surface area contributed by atoms with E-state index >= 15 is 0 Å². The summed E-state index contributed by atoms with van der Waals surface area (Å²) in [4.78, 5) is 3.88. The Balaban J connectivity index is 2.53. The highest BCUT2D eigenvalue weighted by Gasteiger charge is 1.82. The first kappa shape index (κ1) is 7.29. The van der Waals surface area contributed by atoms with E-state index in [1.807, 2.05) is 18.2 Å². The molecule has 0 spiro atoms. The third-order valence-electron chi connectivity index (χ3n) is 1.07. The summed E-state index contributed by atoms with van der Waals surface area (Å²) in [5, 5.41) is 11.0. The summed E-state index contributed by atoms with van der Waals surface area (Å²) in [5.41, 5.74) is 0.874. The molecule has 1 rings (SSSR count). The van der Waals surface area contributed by atoms with Crippen molar-refractivity contribution in [1.82, 2.24) is 4.98 Å². The summed E-state index contributed by atoms with van der Waals surface area (Å²) in [5.74, 6) is 0. The molecule has 0 radical (unpaired) electrons. The van der Waals surface area contributed by atoms with E-state index in [2.05, 4.69) is 10.3 Å². The number of nitrogens with one attached hydrogen (secondary N) is 1. The average molecular weight is 145 g/mol. The molecule has 0 aliphatic heterocycles. The second-order valence-electron chi connectivity index (χ2n) is 1.85. The van der Waals surface area contributed by atoms with Crippen molar-refractivity contribution in [2.24, 2.45) is 0 Å². The van der Waals surface area contributed by atoms with Crippen molar-refractivity contribution in [2.75, 3.05) is 5.32 Å². The minimum atomic E-state index is 0.874. The molecule has 0 unspecified atom stereocenters. The van der Waals surface area contributed by atoms with Crippen molar-refractivity contribution in [1.29, 1.82) is 5.26 Å². The van der Waals surface area contributed by atoms with Crippen LogP contribution in [0.4, 0.5) is 5.69 Å². The Hall–Kier alpha value is -1.82. The van der Waals surface area contributed by atoms with Gasteiger partial charge in [0.2, 0.25) is 0 Å². The molecule has 0 aliphatic rings. The van der Waals surface area contributed by atoms with Crippen molar-refractivity contribution in [2.45, 2.75) is 0 Å². The first-order chi connectivity index (χ1) is 5.43. The Morgan fingerprint density at radius 3 is 3.18 bits per heavy atom. The number of pyridine rings is 1. The number of anilines is 1. The van der Waals surface area contributed by atoms with E-state index in [1.54, 1.807) is 18.6 Å². The van der Waals surface area contributed by atoms with Gasteiger partial charge in [0.25, 0.3) is 0 Å². The monoisotopic (exact) mass is 145 g/mol. The molecule has 0 aromatic carbocycles. The maximum Gasteiger partial charge on any atom is 0.0927 e. The lowest BCUT2D eigenvalue weighted by Crippen LogP contribution is -1.86. The number of aromatic nitrogens is 1. The van der Waals surface area contributed by atoms with Gasteiger partial charge in [0.1, 0.15) is 0 Å². The zero-order valence-corrected chi connectivity index (χ0v) is 5.86. The minimum absolute atomic E-state index is 0.874. The predicted molar refractivity (Wildman–Crippen MR) is 42.6 cm³/mol. The highest BCUT2D eigenvalue weighted by molar-refractivity contribution is 5.42. The van der Waals surface area contributed by atoms with Crippen LogP contribution in [0.25, 0.3) is 0 Å². The number of hydrogen-bond acceptors (Lipinski definition) is 3. The first-order valence-corrected chi connectivity index (χ1v) is 3.14. The van der Waals surface area contributed by atoms with E-state index in [0.29, 0.717) is 0 Å². The molecule has 0 atom stereocenters. The van der Waals surface area contributed by atoms with Gasteiger partial charge in [-0.1, -0.05) is 0 Å². The van der Waals surface area contributed by atoms with E-state index in [-0.39, 0.29) is 0 Å². The third kappa shape index (κ3) is 2.50. The fourth-order valence-corrected chi connectivity index (χ4v) is 0.623. The summed E-state index contributed by atoms with van der Waals surface area (Å²) in [6, 6.07) is 5.57. The van der Waals surface area contributed by atoms with Crippen LogP contribution in [0, 0.1) is 11.3 Å². The highest BCUT2D eigenvalue weighted by Crippen LogP contribution is 2.01. The molecule has 3 nitrogen and oxygen atoms in total. The molecule has 0 aliphatic carbocycles. The van der Waals surface area contributed by atoms with Gasteiger partial charge >= 0.3 is 0 Å². The van der Waals surface area contributed by atoms with E-state index in [9.17, 15) is 0 Å². The zero-order valence-electron chi connectivity index (χ0n) is 5.86. The fraction of sp³-hybridized carbons (Fsp3) is 0. The van der Waals surface area contributed by atoms with Crippen molar-refractivity contribution < 1.29 is 0 Å². The summed E-state index contributed by atoms with van der Waals surface area (Å²) >= 11 is 0. The van der Waals surface area contributed by atoms with Crippen molar-refractivity contribution in [3.63, 3.8) is 0 Å². The average Bonchev–Trinajstić information content (AvgIpc) is 2.07. The number of nitriles is 1. The summed E-state index contributed by atoms with van der Waals surface area (Å²) in [6.45, 7) is 0. The number of allylic oxidation sites excluding steroid dienone is 1. The second kappa shape index (κ2) is 4.07. The topological polar surface area (TPSA) is 48.7 Å². The van der Waals surface area contributed by atoms with Crippen LogP contribution in [0.1, 0.15) is 0 Å².